The van der Waals surface area contributed by atoms with E-state index in [1.165, 1.54) is 7.11 Å². The maximum Gasteiger partial charge on any atom is 0.337 e. The summed E-state index contributed by atoms with van der Waals surface area (Å²) in [7, 11) is 1.20. The standard InChI is InChI=1S/C21H32O11/c1-4-6-7-29-15(23)8-12-11(5-2)20(30-10-13(12)19(27)28-3)32-21-18(26)17(25)16(24)14(9-22)31-21/h5,10,12,14,16-18,20-22,24-26H,4,6-9H2,1-3H3. The molecule has 0 amide bonds. The van der Waals surface area contributed by atoms with Gasteiger partial charge in [-0.25, -0.2) is 4.79 Å². The minimum atomic E-state index is -1.64. The molecule has 0 aromatic carbocycles. The first-order valence-electron chi connectivity index (χ1n) is 10.5. The summed E-state index contributed by atoms with van der Waals surface area (Å²) in [6, 6.07) is 0. The summed E-state index contributed by atoms with van der Waals surface area (Å²) in [5.41, 5.74) is 0.457. The molecule has 2 rings (SSSR count). The molecule has 0 aliphatic carbocycles. The summed E-state index contributed by atoms with van der Waals surface area (Å²) in [6.45, 7) is 3.25. The number of unbranched alkanes of at least 4 members (excludes halogenated alkanes) is 1. The zero-order valence-electron chi connectivity index (χ0n) is 18.4. The molecule has 7 unspecified atom stereocenters. The van der Waals surface area contributed by atoms with Crippen LogP contribution in [0, 0.1) is 5.92 Å². The Hall–Kier alpha value is -2.02. The largest absolute Gasteiger partial charge is 0.468 e. The van der Waals surface area contributed by atoms with Gasteiger partial charge in [0.1, 0.15) is 24.4 Å². The highest BCUT2D eigenvalue weighted by Gasteiger charge is 2.46. The van der Waals surface area contributed by atoms with E-state index in [4.69, 9.17) is 23.7 Å². The number of carbonyl (C=O) groups excluding carboxylic acids is 2. The Kier molecular flexibility index (Phi) is 10.1. The number of ether oxygens (including phenoxy) is 5. The maximum absolute atomic E-state index is 12.4. The van der Waals surface area contributed by atoms with Gasteiger partial charge >= 0.3 is 11.9 Å². The lowest BCUT2D eigenvalue weighted by molar-refractivity contribution is -0.327. The van der Waals surface area contributed by atoms with E-state index in [2.05, 4.69) is 0 Å². The molecule has 7 atom stereocenters. The van der Waals surface area contributed by atoms with Crippen LogP contribution in [0.4, 0.5) is 0 Å². The highest BCUT2D eigenvalue weighted by Crippen LogP contribution is 2.36. The average Bonchev–Trinajstić information content (AvgIpc) is 2.79. The van der Waals surface area contributed by atoms with E-state index >= 15 is 0 Å². The molecule has 2 aliphatic heterocycles. The zero-order chi connectivity index (χ0) is 23.8. The Morgan fingerprint density at radius 3 is 2.50 bits per heavy atom. The normalized spacial score (nSPS) is 33.9. The molecule has 2 aliphatic rings. The third-order valence-electron chi connectivity index (χ3n) is 5.36. The summed E-state index contributed by atoms with van der Waals surface area (Å²) in [5.74, 6) is -2.00. The SMILES string of the molecule is CC=C1C(OC2OC(CO)C(O)C(O)C2O)OC=C(C(=O)OC)C1CC(=O)OCCCC. The molecule has 11 nitrogen and oxygen atoms in total. The van der Waals surface area contributed by atoms with Crippen LogP contribution in [0.5, 0.6) is 0 Å². The van der Waals surface area contributed by atoms with Gasteiger partial charge < -0.3 is 44.1 Å². The monoisotopic (exact) mass is 460 g/mol. The molecule has 4 N–H and O–H groups in total. The summed E-state index contributed by atoms with van der Waals surface area (Å²) in [5, 5.41) is 39.5. The number of carbonyl (C=O) groups is 2. The predicted octanol–water partition coefficient (Wildman–Crippen LogP) is -0.488. The smallest absolute Gasteiger partial charge is 0.337 e. The van der Waals surface area contributed by atoms with Crippen LogP contribution in [-0.2, 0) is 33.3 Å². The second kappa shape index (κ2) is 12.3. The second-order valence-electron chi connectivity index (χ2n) is 7.49. The van der Waals surface area contributed by atoms with E-state index in [-0.39, 0.29) is 18.6 Å². The minimum absolute atomic E-state index is 0.0849. The lowest BCUT2D eigenvalue weighted by Gasteiger charge is -2.41. The van der Waals surface area contributed by atoms with Gasteiger partial charge in [0, 0.05) is 11.5 Å². The van der Waals surface area contributed by atoms with Gasteiger partial charge in [-0.2, -0.15) is 0 Å². The summed E-state index contributed by atoms with van der Waals surface area (Å²) < 4.78 is 26.5. The Balaban J connectivity index is 2.22. The molecule has 0 radical (unpaired) electrons. The number of aliphatic hydroxyl groups excluding tert-OH is 4. The van der Waals surface area contributed by atoms with Crippen LogP contribution in [0.1, 0.15) is 33.1 Å². The number of rotatable bonds is 9. The minimum Gasteiger partial charge on any atom is -0.468 e. The molecule has 0 spiro atoms. The molecular formula is C21H32O11. The highest BCUT2D eigenvalue weighted by atomic mass is 16.8. The summed E-state index contributed by atoms with van der Waals surface area (Å²) in [4.78, 5) is 24.6. The van der Waals surface area contributed by atoms with Crippen LogP contribution in [0.25, 0.3) is 0 Å². The van der Waals surface area contributed by atoms with Gasteiger partial charge in [0.15, 0.2) is 6.29 Å². The van der Waals surface area contributed by atoms with Gasteiger partial charge in [0.05, 0.1) is 38.6 Å². The predicted molar refractivity (Wildman–Crippen MR) is 108 cm³/mol. The Bertz CT molecular complexity index is 702. The molecule has 11 heteroatoms. The van der Waals surface area contributed by atoms with E-state index in [9.17, 15) is 30.0 Å². The van der Waals surface area contributed by atoms with Crippen molar-refractivity contribution in [2.45, 2.75) is 70.1 Å². The van der Waals surface area contributed by atoms with Crippen LogP contribution < -0.4 is 0 Å². The molecule has 182 valence electrons. The van der Waals surface area contributed by atoms with Gasteiger partial charge in [-0.1, -0.05) is 19.4 Å². The lowest BCUT2D eigenvalue weighted by Crippen LogP contribution is -2.60. The van der Waals surface area contributed by atoms with E-state index < -0.39 is 61.5 Å². The van der Waals surface area contributed by atoms with Gasteiger partial charge in [-0.05, 0) is 13.3 Å². The zero-order valence-corrected chi connectivity index (χ0v) is 18.4. The van der Waals surface area contributed by atoms with Crippen molar-refractivity contribution in [2.75, 3.05) is 20.3 Å². The first kappa shape index (κ1) is 26.2. The number of hydrogen-bond donors (Lipinski definition) is 4. The molecule has 0 aromatic rings. The van der Waals surface area contributed by atoms with Crippen molar-refractivity contribution in [3.63, 3.8) is 0 Å². The molecule has 0 bridgehead atoms. The molecule has 2 heterocycles. The Morgan fingerprint density at radius 2 is 1.91 bits per heavy atom. The van der Waals surface area contributed by atoms with E-state index in [1.54, 1.807) is 13.0 Å². The summed E-state index contributed by atoms with van der Waals surface area (Å²) in [6.07, 6.45) is -4.55. The van der Waals surface area contributed by atoms with Crippen LogP contribution in [0.2, 0.25) is 0 Å². The Morgan fingerprint density at radius 1 is 1.19 bits per heavy atom. The fraction of sp³-hybridized carbons (Fsp3) is 0.714. The van der Waals surface area contributed by atoms with Crippen molar-refractivity contribution in [3.05, 3.63) is 23.5 Å². The summed E-state index contributed by atoms with van der Waals surface area (Å²) >= 11 is 0. The van der Waals surface area contributed by atoms with Gasteiger partial charge in [-0.3, -0.25) is 4.79 Å². The number of aliphatic hydroxyl groups is 4. The molecule has 32 heavy (non-hydrogen) atoms. The van der Waals surface area contributed by atoms with Crippen molar-refractivity contribution in [3.8, 4) is 0 Å². The third-order valence-corrected chi connectivity index (χ3v) is 5.36. The Labute approximate surface area is 186 Å². The van der Waals surface area contributed by atoms with Crippen molar-refractivity contribution in [1.29, 1.82) is 0 Å². The molecule has 0 aromatic heterocycles. The van der Waals surface area contributed by atoms with Crippen LogP contribution in [0.3, 0.4) is 0 Å². The molecule has 1 fully saturated rings. The van der Waals surface area contributed by atoms with E-state index in [0.717, 1.165) is 12.7 Å². The van der Waals surface area contributed by atoms with Gasteiger partial charge in [0.25, 0.3) is 0 Å². The number of esters is 2. The van der Waals surface area contributed by atoms with Gasteiger partial charge in [-0.15, -0.1) is 0 Å². The van der Waals surface area contributed by atoms with Crippen molar-refractivity contribution in [1.82, 2.24) is 0 Å². The number of allylic oxidation sites excluding steroid dienone is 1. The van der Waals surface area contributed by atoms with E-state index in [1.807, 2.05) is 6.92 Å². The van der Waals surface area contributed by atoms with E-state index in [0.29, 0.717) is 12.0 Å². The van der Waals surface area contributed by atoms with Gasteiger partial charge in [0.2, 0.25) is 6.29 Å². The van der Waals surface area contributed by atoms with Crippen molar-refractivity contribution in [2.24, 2.45) is 5.92 Å². The lowest BCUT2D eigenvalue weighted by atomic mass is 9.86. The average molecular weight is 460 g/mol. The topological polar surface area (TPSA) is 161 Å². The van der Waals surface area contributed by atoms with Crippen LogP contribution >= 0.6 is 0 Å². The van der Waals surface area contributed by atoms with Crippen molar-refractivity contribution >= 4 is 11.9 Å². The quantitative estimate of drug-likeness (QED) is 0.200. The second-order valence-corrected chi connectivity index (χ2v) is 7.49. The molecule has 1 saturated heterocycles. The number of methoxy groups -OCH3 is 1. The first-order valence-corrected chi connectivity index (χ1v) is 10.5. The maximum atomic E-state index is 12.4. The van der Waals surface area contributed by atoms with Crippen LogP contribution in [0.15, 0.2) is 23.5 Å². The van der Waals surface area contributed by atoms with Crippen molar-refractivity contribution < 1.29 is 53.7 Å². The number of hydrogen-bond acceptors (Lipinski definition) is 11. The molecule has 0 saturated carbocycles. The fourth-order valence-corrected chi connectivity index (χ4v) is 3.48. The third kappa shape index (κ3) is 6.06. The molecular weight excluding hydrogens is 428 g/mol. The highest BCUT2D eigenvalue weighted by molar-refractivity contribution is 5.90. The van der Waals surface area contributed by atoms with Crippen LogP contribution in [-0.4, -0.2) is 89.7 Å². The first-order chi connectivity index (χ1) is 15.3. The fourth-order valence-electron chi connectivity index (χ4n) is 3.48.